The number of hydrogen-bond acceptors (Lipinski definition) is 2. The molecule has 27 heavy (non-hydrogen) atoms. The predicted octanol–water partition coefficient (Wildman–Crippen LogP) is -0.281. The Bertz CT molecular complexity index is 676. The van der Waals surface area contributed by atoms with Crippen LogP contribution < -0.4 is 22.7 Å². The third-order valence-electron chi connectivity index (χ3n) is 6.01. The molecule has 2 aromatic rings. The van der Waals surface area contributed by atoms with Crippen LogP contribution >= 0.6 is 0 Å². The molecule has 2 aromatic carbocycles. The number of morpholine rings is 1. The normalized spacial score (nSPS) is 16.3. The Morgan fingerprint density at radius 2 is 1.48 bits per heavy atom. The summed E-state index contributed by atoms with van der Waals surface area (Å²) in [5, 5.41) is 0. The standard InChI is InChI=1S/C22H28N2O2.BrH/c1-2-24(15-17-26-18-16-24)14-13-22(21(23)25,19-9-5-3-6-10-19)20-11-7-4-8-12-20;/h3-12H,2,13-18H2,1H3,(H-,23,25);1H. The highest BCUT2D eigenvalue weighted by molar-refractivity contribution is 5.90. The van der Waals surface area contributed by atoms with Crippen LogP contribution in [-0.4, -0.2) is 49.8 Å². The Labute approximate surface area is 172 Å². The number of primary amides is 1. The summed E-state index contributed by atoms with van der Waals surface area (Å²) in [6, 6.07) is 20.0. The predicted molar refractivity (Wildman–Crippen MR) is 104 cm³/mol. The Hall–Kier alpha value is -1.69. The first kappa shape index (κ1) is 21.6. The zero-order valence-electron chi connectivity index (χ0n) is 15.9. The van der Waals surface area contributed by atoms with E-state index in [9.17, 15) is 4.79 Å². The number of amides is 1. The SMILES string of the molecule is CC[N+]1(CCC(C(N)=O)(c2ccccc2)c2ccccc2)CCOCC1.[Br-]. The van der Waals surface area contributed by atoms with E-state index in [-0.39, 0.29) is 22.9 Å². The van der Waals surface area contributed by atoms with Gasteiger partial charge in [-0.15, -0.1) is 0 Å². The smallest absolute Gasteiger partial charge is 0.232 e. The second-order valence-electron chi connectivity index (χ2n) is 7.19. The summed E-state index contributed by atoms with van der Waals surface area (Å²) < 4.78 is 6.55. The van der Waals surface area contributed by atoms with Crippen LogP contribution in [0.2, 0.25) is 0 Å². The molecule has 0 aromatic heterocycles. The molecule has 2 N–H and O–H groups in total. The molecule has 0 aliphatic carbocycles. The average Bonchev–Trinajstić information content (AvgIpc) is 2.70. The van der Waals surface area contributed by atoms with E-state index in [1.807, 2.05) is 60.7 Å². The largest absolute Gasteiger partial charge is 1.00 e. The van der Waals surface area contributed by atoms with Crippen molar-refractivity contribution in [3.05, 3.63) is 71.8 Å². The summed E-state index contributed by atoms with van der Waals surface area (Å²) in [5.74, 6) is -0.280. The number of carbonyl (C=O) groups excluding carboxylic acids is 1. The molecule has 1 aliphatic rings. The fourth-order valence-corrected chi connectivity index (χ4v) is 4.14. The monoisotopic (exact) mass is 432 g/mol. The molecule has 0 spiro atoms. The number of likely N-dealkylation sites (N-methyl/N-ethyl adjacent to an activating group) is 1. The molecular formula is C22H29BrN2O2. The maximum absolute atomic E-state index is 12.9. The zero-order chi connectivity index (χ0) is 18.5. The topological polar surface area (TPSA) is 52.3 Å². The molecule has 0 radical (unpaired) electrons. The van der Waals surface area contributed by atoms with E-state index in [1.54, 1.807) is 0 Å². The molecule has 0 bridgehead atoms. The van der Waals surface area contributed by atoms with Crippen molar-refractivity contribution in [1.29, 1.82) is 0 Å². The van der Waals surface area contributed by atoms with Gasteiger partial charge in [-0.25, -0.2) is 0 Å². The van der Waals surface area contributed by atoms with Crippen molar-refractivity contribution in [3.8, 4) is 0 Å². The highest BCUT2D eigenvalue weighted by atomic mass is 79.9. The molecule has 1 heterocycles. The van der Waals surface area contributed by atoms with Crippen molar-refractivity contribution in [3.63, 3.8) is 0 Å². The van der Waals surface area contributed by atoms with E-state index in [0.717, 1.165) is 55.0 Å². The van der Waals surface area contributed by atoms with Gasteiger partial charge in [0.2, 0.25) is 5.91 Å². The summed E-state index contributed by atoms with van der Waals surface area (Å²) in [6.45, 7) is 7.74. The lowest BCUT2D eigenvalue weighted by molar-refractivity contribution is -0.933. The number of carbonyl (C=O) groups is 1. The van der Waals surface area contributed by atoms with Gasteiger partial charge in [0.05, 0.1) is 26.3 Å². The number of ether oxygens (including phenoxy) is 1. The number of nitrogens with two attached hydrogens (primary N) is 1. The zero-order valence-corrected chi connectivity index (χ0v) is 17.5. The van der Waals surface area contributed by atoms with Crippen LogP contribution in [0.15, 0.2) is 60.7 Å². The molecule has 146 valence electrons. The minimum absolute atomic E-state index is 0. The molecule has 1 amide bonds. The van der Waals surface area contributed by atoms with Gasteiger partial charge in [-0.1, -0.05) is 60.7 Å². The van der Waals surface area contributed by atoms with Crippen molar-refractivity contribution in [2.75, 3.05) is 39.4 Å². The van der Waals surface area contributed by atoms with Gasteiger partial charge in [0.15, 0.2) is 0 Å². The summed E-state index contributed by atoms with van der Waals surface area (Å²) >= 11 is 0. The lowest BCUT2D eigenvalue weighted by atomic mass is 9.71. The summed E-state index contributed by atoms with van der Waals surface area (Å²) in [4.78, 5) is 12.9. The lowest BCUT2D eigenvalue weighted by Crippen LogP contribution is -3.00. The Morgan fingerprint density at radius 1 is 1.00 bits per heavy atom. The van der Waals surface area contributed by atoms with E-state index in [4.69, 9.17) is 10.5 Å². The molecule has 0 saturated carbocycles. The van der Waals surface area contributed by atoms with Crippen molar-refractivity contribution in [2.45, 2.75) is 18.8 Å². The molecule has 4 nitrogen and oxygen atoms in total. The van der Waals surface area contributed by atoms with Gasteiger partial charge in [0, 0.05) is 6.42 Å². The third-order valence-corrected chi connectivity index (χ3v) is 6.01. The Kier molecular flexibility index (Phi) is 7.59. The van der Waals surface area contributed by atoms with Crippen LogP contribution in [0.5, 0.6) is 0 Å². The summed E-state index contributed by atoms with van der Waals surface area (Å²) in [6.07, 6.45) is 0.699. The highest BCUT2D eigenvalue weighted by Gasteiger charge is 2.43. The maximum Gasteiger partial charge on any atom is 0.232 e. The van der Waals surface area contributed by atoms with Gasteiger partial charge in [-0.05, 0) is 18.1 Å². The van der Waals surface area contributed by atoms with Crippen LogP contribution in [0.3, 0.4) is 0 Å². The van der Waals surface area contributed by atoms with Gasteiger partial charge in [-0.2, -0.15) is 0 Å². The van der Waals surface area contributed by atoms with E-state index in [2.05, 4.69) is 6.92 Å². The maximum atomic E-state index is 12.9. The fraction of sp³-hybridized carbons (Fsp3) is 0.409. The van der Waals surface area contributed by atoms with E-state index in [1.165, 1.54) is 0 Å². The van der Waals surface area contributed by atoms with Crippen molar-refractivity contribution in [2.24, 2.45) is 5.73 Å². The molecule has 5 heteroatoms. The number of quaternary nitrogens is 1. The molecular weight excluding hydrogens is 404 g/mol. The molecule has 3 rings (SSSR count). The number of halogens is 1. The second-order valence-corrected chi connectivity index (χ2v) is 7.19. The number of hydrogen-bond donors (Lipinski definition) is 1. The molecule has 1 saturated heterocycles. The Morgan fingerprint density at radius 3 is 1.89 bits per heavy atom. The first-order valence-electron chi connectivity index (χ1n) is 9.47. The Balaban J connectivity index is 0.00000261. The minimum atomic E-state index is -0.804. The van der Waals surface area contributed by atoms with Crippen molar-refractivity contribution in [1.82, 2.24) is 0 Å². The van der Waals surface area contributed by atoms with E-state index < -0.39 is 5.41 Å². The average molecular weight is 433 g/mol. The number of benzene rings is 2. The quantitative estimate of drug-likeness (QED) is 0.611. The molecule has 0 atom stereocenters. The van der Waals surface area contributed by atoms with Crippen LogP contribution in [0.1, 0.15) is 24.5 Å². The second kappa shape index (κ2) is 9.49. The van der Waals surface area contributed by atoms with Crippen LogP contribution in [-0.2, 0) is 14.9 Å². The molecule has 1 aliphatic heterocycles. The first-order chi connectivity index (χ1) is 12.6. The number of rotatable bonds is 7. The number of nitrogens with zero attached hydrogens (tertiary/aromatic N) is 1. The third kappa shape index (κ3) is 4.42. The molecule has 1 fully saturated rings. The fourth-order valence-electron chi connectivity index (χ4n) is 4.14. The van der Waals surface area contributed by atoms with Gasteiger partial charge >= 0.3 is 0 Å². The van der Waals surface area contributed by atoms with E-state index in [0.29, 0.717) is 6.42 Å². The van der Waals surface area contributed by atoms with Crippen molar-refractivity contribution < 1.29 is 31.0 Å². The van der Waals surface area contributed by atoms with Crippen LogP contribution in [0.4, 0.5) is 0 Å². The van der Waals surface area contributed by atoms with Gasteiger partial charge in [0.1, 0.15) is 18.5 Å². The summed E-state index contributed by atoms with van der Waals surface area (Å²) in [5.41, 5.74) is 7.21. The summed E-state index contributed by atoms with van der Waals surface area (Å²) in [7, 11) is 0. The van der Waals surface area contributed by atoms with Crippen LogP contribution in [0.25, 0.3) is 0 Å². The first-order valence-corrected chi connectivity index (χ1v) is 9.47. The van der Waals surface area contributed by atoms with Gasteiger partial charge < -0.3 is 31.9 Å². The van der Waals surface area contributed by atoms with Crippen LogP contribution in [0, 0.1) is 0 Å². The molecule has 0 unspecified atom stereocenters. The van der Waals surface area contributed by atoms with Gasteiger partial charge in [-0.3, -0.25) is 4.79 Å². The van der Waals surface area contributed by atoms with Gasteiger partial charge in [0.25, 0.3) is 0 Å². The highest BCUT2D eigenvalue weighted by Crippen LogP contribution is 2.36. The minimum Gasteiger partial charge on any atom is -1.00 e. The van der Waals surface area contributed by atoms with E-state index >= 15 is 0 Å². The lowest BCUT2D eigenvalue weighted by Gasteiger charge is -2.43. The van der Waals surface area contributed by atoms with Crippen molar-refractivity contribution >= 4 is 5.91 Å².